The summed E-state index contributed by atoms with van der Waals surface area (Å²) in [6.45, 7) is 0.0570. The van der Waals surface area contributed by atoms with Gasteiger partial charge in [0.25, 0.3) is 5.91 Å². The molecule has 11 heteroatoms. The number of nitrogens with zero attached hydrogens (tertiary/aromatic N) is 3. The van der Waals surface area contributed by atoms with Gasteiger partial charge in [0, 0.05) is 5.54 Å². The highest BCUT2D eigenvalue weighted by molar-refractivity contribution is 6.07. The number of amides is 1. The van der Waals surface area contributed by atoms with Gasteiger partial charge >= 0.3 is 12.1 Å². The zero-order valence-electron chi connectivity index (χ0n) is 19.7. The van der Waals surface area contributed by atoms with Gasteiger partial charge in [0.1, 0.15) is 16.9 Å². The van der Waals surface area contributed by atoms with Crippen LogP contribution < -0.4 is 5.32 Å². The number of carbonyl (C=O) groups excluding carboxylic acids is 1. The fourth-order valence-corrected chi connectivity index (χ4v) is 5.66. The summed E-state index contributed by atoms with van der Waals surface area (Å²) in [4.78, 5) is 25.0. The molecule has 0 atom stereocenters. The van der Waals surface area contributed by atoms with Gasteiger partial charge in [0.05, 0.1) is 23.1 Å². The maximum Gasteiger partial charge on any atom is 0.416 e. The maximum absolute atomic E-state index is 13.9. The highest BCUT2D eigenvalue weighted by Gasteiger charge is 2.72. The fourth-order valence-electron chi connectivity index (χ4n) is 5.66. The van der Waals surface area contributed by atoms with Crippen molar-refractivity contribution in [3.63, 3.8) is 0 Å². The summed E-state index contributed by atoms with van der Waals surface area (Å²) >= 11 is 0. The number of alkyl halides is 3. The van der Waals surface area contributed by atoms with E-state index < -0.39 is 40.4 Å². The molecular weight excluding hydrogens is 504 g/mol. The standard InChI is InChI=1S/C27H20F4N4O3/c28-19-3-1-2-16(8-19)17-9-20(23(36)32-26-12-25(13-26,14-26)24(37)38)22-21(10-17)33-34-35(22)11-15-4-6-18(7-5-15)27(29,30)31/h1-10H,11-14H2,(H,32,36)(H,37,38). The van der Waals surface area contributed by atoms with Crippen LogP contribution in [0.3, 0.4) is 0 Å². The van der Waals surface area contributed by atoms with E-state index >= 15 is 0 Å². The molecule has 4 aromatic rings. The van der Waals surface area contributed by atoms with Crippen molar-refractivity contribution in [3.05, 3.63) is 83.2 Å². The molecule has 0 radical (unpaired) electrons. The van der Waals surface area contributed by atoms with Crippen LogP contribution in [0.15, 0.2) is 60.7 Å². The van der Waals surface area contributed by atoms with Crippen molar-refractivity contribution in [1.29, 1.82) is 0 Å². The second kappa shape index (κ2) is 8.11. The Morgan fingerprint density at radius 2 is 1.71 bits per heavy atom. The molecule has 0 aliphatic heterocycles. The highest BCUT2D eigenvalue weighted by Crippen LogP contribution is 2.67. The third-order valence-electron chi connectivity index (χ3n) is 7.49. The molecule has 1 amide bonds. The molecule has 0 saturated heterocycles. The van der Waals surface area contributed by atoms with Crippen molar-refractivity contribution in [2.45, 2.75) is 37.5 Å². The Morgan fingerprint density at radius 3 is 2.34 bits per heavy atom. The summed E-state index contributed by atoms with van der Waals surface area (Å²) in [6.07, 6.45) is -3.43. The van der Waals surface area contributed by atoms with Crippen molar-refractivity contribution in [3.8, 4) is 11.1 Å². The predicted molar refractivity (Wildman–Crippen MR) is 128 cm³/mol. The van der Waals surface area contributed by atoms with E-state index in [1.54, 1.807) is 24.3 Å². The molecular formula is C27H20F4N4O3. The van der Waals surface area contributed by atoms with Crippen molar-refractivity contribution in [2.24, 2.45) is 5.41 Å². The van der Waals surface area contributed by atoms with E-state index in [1.165, 1.54) is 28.9 Å². The molecule has 3 aliphatic carbocycles. The van der Waals surface area contributed by atoms with Crippen LogP contribution in [0.5, 0.6) is 0 Å². The van der Waals surface area contributed by atoms with Crippen LogP contribution in [0, 0.1) is 11.2 Å². The number of rotatable bonds is 6. The predicted octanol–water partition coefficient (Wildman–Crippen LogP) is 5.04. The average molecular weight is 524 g/mol. The molecule has 0 unspecified atom stereocenters. The van der Waals surface area contributed by atoms with E-state index in [1.807, 2.05) is 0 Å². The Hall–Kier alpha value is -4.28. The van der Waals surface area contributed by atoms with Crippen molar-refractivity contribution in [2.75, 3.05) is 0 Å². The summed E-state index contributed by atoms with van der Waals surface area (Å²) in [6, 6.07) is 13.8. The molecule has 3 aromatic carbocycles. The number of benzene rings is 3. The van der Waals surface area contributed by atoms with E-state index in [0.717, 1.165) is 12.1 Å². The van der Waals surface area contributed by atoms with E-state index in [4.69, 9.17) is 0 Å². The second-order valence-electron chi connectivity index (χ2n) is 10.2. The number of aliphatic carboxylic acids is 1. The molecule has 3 fully saturated rings. The normalized spacial score (nSPS) is 22.0. The van der Waals surface area contributed by atoms with Gasteiger partial charge in [-0.05, 0) is 72.4 Å². The molecule has 1 aromatic heterocycles. The first kappa shape index (κ1) is 24.1. The van der Waals surface area contributed by atoms with Crippen LogP contribution in [0.1, 0.15) is 40.7 Å². The summed E-state index contributed by atoms with van der Waals surface area (Å²) in [7, 11) is 0. The fraction of sp³-hybridized carbons (Fsp3) is 0.259. The number of hydrogen-bond donors (Lipinski definition) is 2. The van der Waals surface area contributed by atoms with Gasteiger partial charge < -0.3 is 10.4 Å². The van der Waals surface area contributed by atoms with Crippen molar-refractivity contribution >= 4 is 22.9 Å². The minimum absolute atomic E-state index is 0.0570. The minimum Gasteiger partial charge on any atom is -0.481 e. The van der Waals surface area contributed by atoms with Gasteiger partial charge in [0.15, 0.2) is 0 Å². The largest absolute Gasteiger partial charge is 0.481 e. The Balaban J connectivity index is 1.38. The molecule has 7 nitrogen and oxygen atoms in total. The zero-order valence-corrected chi connectivity index (χ0v) is 19.7. The van der Waals surface area contributed by atoms with Gasteiger partial charge in [0.2, 0.25) is 0 Å². The second-order valence-corrected chi connectivity index (χ2v) is 10.2. The van der Waals surface area contributed by atoms with Gasteiger partial charge in [-0.2, -0.15) is 13.2 Å². The SMILES string of the molecule is O=C(NC12CC(C(=O)O)(C1)C2)c1cc(-c2cccc(F)c2)cc2nnn(Cc3ccc(C(F)(F)F)cc3)c12. The van der Waals surface area contributed by atoms with Gasteiger partial charge in [-0.15, -0.1) is 5.10 Å². The number of nitrogens with one attached hydrogen (secondary N) is 1. The molecule has 194 valence electrons. The zero-order chi connectivity index (χ0) is 26.9. The molecule has 1 heterocycles. The lowest BCUT2D eigenvalue weighted by Gasteiger charge is -2.67. The van der Waals surface area contributed by atoms with Crippen molar-refractivity contribution in [1.82, 2.24) is 20.3 Å². The number of carboxylic acid groups (broad SMARTS) is 1. The van der Waals surface area contributed by atoms with E-state index in [9.17, 15) is 32.3 Å². The molecule has 2 bridgehead atoms. The molecule has 3 saturated carbocycles. The lowest BCUT2D eigenvalue weighted by atomic mass is 9.39. The topological polar surface area (TPSA) is 97.1 Å². The van der Waals surface area contributed by atoms with Gasteiger partial charge in [-0.3, -0.25) is 9.59 Å². The number of carbonyl (C=O) groups is 2. The summed E-state index contributed by atoms with van der Waals surface area (Å²) < 4.78 is 54.2. The van der Waals surface area contributed by atoms with Crippen LogP contribution in [-0.2, 0) is 17.5 Å². The minimum atomic E-state index is -4.46. The smallest absolute Gasteiger partial charge is 0.416 e. The van der Waals surface area contributed by atoms with Crippen LogP contribution in [0.4, 0.5) is 17.6 Å². The van der Waals surface area contributed by atoms with Crippen LogP contribution in [-0.4, -0.2) is 37.5 Å². The number of fused-ring (bicyclic) bond motifs is 1. The average Bonchev–Trinajstić information content (AvgIpc) is 3.21. The first-order valence-electron chi connectivity index (χ1n) is 11.8. The molecule has 0 spiro atoms. The quantitative estimate of drug-likeness (QED) is 0.345. The monoisotopic (exact) mass is 524 g/mol. The van der Waals surface area contributed by atoms with Crippen LogP contribution in [0.2, 0.25) is 0 Å². The lowest BCUT2D eigenvalue weighted by Crippen LogP contribution is -2.77. The molecule has 3 aliphatic rings. The van der Waals surface area contributed by atoms with E-state index in [0.29, 0.717) is 47.0 Å². The number of carboxylic acids is 1. The first-order chi connectivity index (χ1) is 18.0. The number of halogens is 4. The van der Waals surface area contributed by atoms with Crippen LogP contribution >= 0.6 is 0 Å². The third-order valence-corrected chi connectivity index (χ3v) is 7.49. The first-order valence-corrected chi connectivity index (χ1v) is 11.8. The Morgan fingerprint density at radius 1 is 1.00 bits per heavy atom. The number of aromatic nitrogens is 3. The molecule has 38 heavy (non-hydrogen) atoms. The summed E-state index contributed by atoms with van der Waals surface area (Å²) in [5, 5.41) is 20.7. The van der Waals surface area contributed by atoms with Crippen molar-refractivity contribution < 1.29 is 32.3 Å². The van der Waals surface area contributed by atoms with E-state index in [-0.39, 0.29) is 12.1 Å². The Labute approximate surface area is 213 Å². The maximum atomic E-state index is 13.9. The van der Waals surface area contributed by atoms with Crippen LogP contribution in [0.25, 0.3) is 22.2 Å². The molecule has 2 N–H and O–H groups in total. The van der Waals surface area contributed by atoms with Gasteiger partial charge in [-0.25, -0.2) is 9.07 Å². The third kappa shape index (κ3) is 3.89. The summed E-state index contributed by atoms with van der Waals surface area (Å²) in [5.74, 6) is -1.78. The molecule has 7 rings (SSSR count). The Kier molecular flexibility index (Phi) is 5.14. The summed E-state index contributed by atoms with van der Waals surface area (Å²) in [5.41, 5.74) is 0.339. The number of hydrogen-bond acceptors (Lipinski definition) is 4. The lowest BCUT2D eigenvalue weighted by molar-refractivity contribution is -0.196. The van der Waals surface area contributed by atoms with Gasteiger partial charge in [-0.1, -0.05) is 29.5 Å². The Bertz CT molecular complexity index is 1590. The highest BCUT2D eigenvalue weighted by atomic mass is 19.4. The van der Waals surface area contributed by atoms with E-state index in [2.05, 4.69) is 15.6 Å².